The summed E-state index contributed by atoms with van der Waals surface area (Å²) in [6.45, 7) is 4.51. The summed E-state index contributed by atoms with van der Waals surface area (Å²) in [5, 5.41) is -0.369. The van der Waals surface area contributed by atoms with Gasteiger partial charge in [-0.2, -0.15) is 0 Å². The van der Waals surface area contributed by atoms with Crippen molar-refractivity contribution >= 4 is 31.7 Å². The van der Waals surface area contributed by atoms with Gasteiger partial charge in [0.2, 0.25) is 5.91 Å². The van der Waals surface area contributed by atoms with E-state index in [0.717, 1.165) is 10.0 Å². The Hall–Kier alpha value is -0.880. The van der Waals surface area contributed by atoms with Gasteiger partial charge in [0, 0.05) is 24.0 Å². The highest BCUT2D eigenvalue weighted by molar-refractivity contribution is 9.10. The molecule has 1 saturated heterocycles. The zero-order valence-corrected chi connectivity index (χ0v) is 15.4. The van der Waals surface area contributed by atoms with Crippen LogP contribution in [0.1, 0.15) is 25.8 Å². The maximum absolute atomic E-state index is 12.1. The lowest BCUT2D eigenvalue weighted by Gasteiger charge is -2.39. The molecule has 1 aliphatic heterocycles. The number of carbonyl (C=O) groups is 1. The Kier molecular flexibility index (Phi) is 5.66. The Balaban J connectivity index is 1.78. The third-order valence-corrected chi connectivity index (χ3v) is 6.79. The first-order valence-electron chi connectivity index (χ1n) is 7.51. The molecule has 22 heavy (non-hydrogen) atoms. The van der Waals surface area contributed by atoms with Gasteiger partial charge in [0.05, 0.1) is 11.0 Å². The number of sulfone groups is 1. The van der Waals surface area contributed by atoms with Gasteiger partial charge in [-0.3, -0.25) is 4.79 Å². The van der Waals surface area contributed by atoms with Crippen LogP contribution < -0.4 is 0 Å². The lowest BCUT2D eigenvalue weighted by molar-refractivity contribution is -0.134. The van der Waals surface area contributed by atoms with Crippen molar-refractivity contribution in [1.82, 2.24) is 4.90 Å². The van der Waals surface area contributed by atoms with Crippen LogP contribution in [0.25, 0.3) is 0 Å². The monoisotopic (exact) mass is 387 g/mol. The number of aryl methyl sites for hydroxylation is 1. The second-order valence-corrected chi connectivity index (χ2v) is 9.51. The van der Waals surface area contributed by atoms with Gasteiger partial charge in [-0.25, -0.2) is 8.42 Å². The van der Waals surface area contributed by atoms with Crippen molar-refractivity contribution in [3.05, 3.63) is 34.3 Å². The van der Waals surface area contributed by atoms with Crippen molar-refractivity contribution in [2.75, 3.05) is 18.8 Å². The molecule has 1 heterocycles. The van der Waals surface area contributed by atoms with E-state index in [1.165, 1.54) is 0 Å². The van der Waals surface area contributed by atoms with Crippen LogP contribution in [0.15, 0.2) is 28.7 Å². The second-order valence-electron chi connectivity index (χ2n) is 6.27. The first kappa shape index (κ1) is 17.5. The number of rotatable bonds is 6. The van der Waals surface area contributed by atoms with E-state index < -0.39 is 9.84 Å². The summed E-state index contributed by atoms with van der Waals surface area (Å²) in [7, 11) is -3.06. The molecule has 1 aliphatic rings. The Morgan fingerprint density at radius 1 is 1.27 bits per heavy atom. The summed E-state index contributed by atoms with van der Waals surface area (Å²) in [4.78, 5) is 13.7. The topological polar surface area (TPSA) is 54.5 Å². The predicted molar refractivity (Wildman–Crippen MR) is 91.5 cm³/mol. The minimum Gasteiger partial charge on any atom is -0.340 e. The lowest BCUT2D eigenvalue weighted by Crippen LogP contribution is -2.57. The molecule has 1 aromatic rings. The van der Waals surface area contributed by atoms with Crippen molar-refractivity contribution in [1.29, 1.82) is 0 Å². The normalized spacial score (nSPS) is 15.9. The molecule has 0 saturated carbocycles. The first-order valence-corrected chi connectivity index (χ1v) is 10.0. The maximum Gasteiger partial charge on any atom is 0.222 e. The van der Waals surface area contributed by atoms with Crippen molar-refractivity contribution in [2.45, 2.75) is 31.9 Å². The van der Waals surface area contributed by atoms with Gasteiger partial charge in [-0.15, -0.1) is 0 Å². The zero-order chi connectivity index (χ0) is 16.3. The Bertz CT molecular complexity index is 619. The number of hydrogen-bond acceptors (Lipinski definition) is 3. The van der Waals surface area contributed by atoms with Crippen LogP contribution in [0, 0.1) is 5.92 Å². The lowest BCUT2D eigenvalue weighted by atomic mass is 10.1. The van der Waals surface area contributed by atoms with Gasteiger partial charge < -0.3 is 4.90 Å². The predicted octanol–water partition coefficient (Wildman–Crippen LogP) is 2.66. The van der Waals surface area contributed by atoms with E-state index in [0.29, 0.717) is 25.9 Å². The van der Waals surface area contributed by atoms with E-state index in [1.54, 1.807) is 4.90 Å². The zero-order valence-electron chi connectivity index (χ0n) is 13.0. The molecule has 0 spiro atoms. The number of likely N-dealkylation sites (tertiary alicyclic amines) is 1. The number of amides is 1. The molecule has 0 bridgehead atoms. The molecule has 0 N–H and O–H groups in total. The fourth-order valence-electron chi connectivity index (χ4n) is 2.53. The van der Waals surface area contributed by atoms with Gasteiger partial charge in [0.1, 0.15) is 0 Å². The molecule has 0 radical (unpaired) electrons. The van der Waals surface area contributed by atoms with Gasteiger partial charge in [-0.05, 0) is 30.0 Å². The highest BCUT2D eigenvalue weighted by Gasteiger charge is 2.39. The third-order valence-electron chi connectivity index (χ3n) is 3.82. The van der Waals surface area contributed by atoms with Crippen molar-refractivity contribution in [3.8, 4) is 0 Å². The quantitative estimate of drug-likeness (QED) is 0.753. The minimum atomic E-state index is -3.06. The average Bonchev–Trinajstić information content (AvgIpc) is 2.34. The Morgan fingerprint density at radius 2 is 1.86 bits per heavy atom. The maximum atomic E-state index is 12.1. The van der Waals surface area contributed by atoms with Gasteiger partial charge in [-0.1, -0.05) is 41.9 Å². The molecule has 0 aromatic heterocycles. The fraction of sp³-hybridized carbons (Fsp3) is 0.562. The summed E-state index contributed by atoms with van der Waals surface area (Å²) in [5.41, 5.74) is 1.11. The summed E-state index contributed by atoms with van der Waals surface area (Å²) in [6.07, 6.45) is 1.12. The van der Waals surface area contributed by atoms with Crippen LogP contribution in [0.2, 0.25) is 0 Å². The molecule has 6 heteroatoms. The van der Waals surface area contributed by atoms with Crippen molar-refractivity contribution in [2.24, 2.45) is 5.92 Å². The number of halogens is 1. The molecule has 0 atom stereocenters. The summed E-state index contributed by atoms with van der Waals surface area (Å²) in [5.74, 6) is 0.379. The van der Waals surface area contributed by atoms with Crippen LogP contribution in [-0.2, 0) is 21.1 Å². The van der Waals surface area contributed by atoms with Crippen LogP contribution in [-0.4, -0.2) is 43.3 Å². The molecule has 2 rings (SSSR count). The smallest absolute Gasteiger partial charge is 0.222 e. The molecule has 0 unspecified atom stereocenters. The molecule has 4 nitrogen and oxygen atoms in total. The Labute approximate surface area is 140 Å². The molecule has 1 aromatic carbocycles. The van der Waals surface area contributed by atoms with Crippen molar-refractivity contribution < 1.29 is 13.2 Å². The summed E-state index contributed by atoms with van der Waals surface area (Å²) in [6, 6.07) is 7.89. The van der Waals surface area contributed by atoms with E-state index >= 15 is 0 Å². The van der Waals surface area contributed by atoms with Gasteiger partial charge >= 0.3 is 0 Å². The van der Waals surface area contributed by atoms with E-state index in [1.807, 2.05) is 38.1 Å². The van der Waals surface area contributed by atoms with Crippen LogP contribution in [0.3, 0.4) is 0 Å². The number of hydrogen-bond donors (Lipinski definition) is 0. The van der Waals surface area contributed by atoms with Crippen LogP contribution in [0.4, 0.5) is 0 Å². The van der Waals surface area contributed by atoms with E-state index in [9.17, 15) is 13.2 Å². The summed E-state index contributed by atoms with van der Waals surface area (Å²) >= 11 is 3.38. The molecule has 122 valence electrons. The highest BCUT2D eigenvalue weighted by atomic mass is 79.9. The average molecular weight is 388 g/mol. The fourth-order valence-corrected chi connectivity index (χ4v) is 4.81. The minimum absolute atomic E-state index is 0.0407. The van der Waals surface area contributed by atoms with E-state index in [-0.39, 0.29) is 22.8 Å². The first-order chi connectivity index (χ1) is 10.3. The highest BCUT2D eigenvalue weighted by Crippen LogP contribution is 2.20. The van der Waals surface area contributed by atoms with Crippen LogP contribution in [0.5, 0.6) is 0 Å². The number of nitrogens with zero attached hydrogens (tertiary/aromatic N) is 1. The van der Waals surface area contributed by atoms with E-state index in [2.05, 4.69) is 15.9 Å². The Morgan fingerprint density at radius 3 is 2.41 bits per heavy atom. The van der Waals surface area contributed by atoms with Crippen molar-refractivity contribution in [3.63, 3.8) is 0 Å². The van der Waals surface area contributed by atoms with Gasteiger partial charge in [0.25, 0.3) is 0 Å². The van der Waals surface area contributed by atoms with Gasteiger partial charge in [0.15, 0.2) is 9.84 Å². The molecule has 1 fully saturated rings. The second kappa shape index (κ2) is 7.13. The summed E-state index contributed by atoms with van der Waals surface area (Å²) < 4.78 is 25.1. The number of benzene rings is 1. The van der Waals surface area contributed by atoms with E-state index in [4.69, 9.17) is 0 Å². The molecular weight excluding hydrogens is 366 g/mol. The molecule has 0 aliphatic carbocycles. The largest absolute Gasteiger partial charge is 0.340 e. The third kappa shape index (κ3) is 4.56. The SMILES string of the molecule is CC(C)CS(=O)(=O)C1CN(C(=O)CCc2ccc(Br)cc2)C1. The molecular formula is C16H22BrNO3S. The molecule has 1 amide bonds. The standard InChI is InChI=1S/C16H22BrNO3S/c1-12(2)11-22(20,21)15-9-18(10-15)16(19)8-5-13-3-6-14(17)7-4-13/h3-4,6-7,12,15H,5,8-11H2,1-2H3. The van der Waals surface area contributed by atoms with Crippen LogP contribution >= 0.6 is 15.9 Å². The number of carbonyl (C=O) groups excluding carboxylic acids is 1.